The predicted molar refractivity (Wildman–Crippen MR) is 59.4 cm³/mol. The normalized spacial score (nSPS) is 22.5. The number of aryl methyl sites for hydroxylation is 1. The average Bonchev–Trinajstić information content (AvgIpc) is 2.66. The van der Waals surface area contributed by atoms with E-state index in [0.29, 0.717) is 12.6 Å². The third-order valence-corrected chi connectivity index (χ3v) is 2.86. The largest absolute Gasteiger partial charge is 0.378 e. The van der Waals surface area contributed by atoms with Crippen LogP contribution in [0.2, 0.25) is 0 Å². The average molecular weight is 204 g/mol. The zero-order chi connectivity index (χ0) is 10.7. The molecule has 3 nitrogen and oxygen atoms in total. The number of hydrogen-bond acceptors (Lipinski definition) is 2. The minimum Gasteiger partial charge on any atom is -0.378 e. The highest BCUT2D eigenvalue weighted by Gasteiger charge is 2.25. The van der Waals surface area contributed by atoms with Gasteiger partial charge in [0.25, 0.3) is 0 Å². The van der Waals surface area contributed by atoms with Crippen LogP contribution >= 0.6 is 0 Å². The molecule has 0 N–H and O–H groups in total. The van der Waals surface area contributed by atoms with E-state index in [0.717, 1.165) is 19.8 Å². The van der Waals surface area contributed by atoms with Crippen molar-refractivity contribution in [1.29, 1.82) is 0 Å². The van der Waals surface area contributed by atoms with Crippen molar-refractivity contribution < 1.29 is 4.74 Å². The molecule has 1 saturated heterocycles. The number of ether oxygens (including phenoxy) is 1. The molecule has 0 bridgehead atoms. The van der Waals surface area contributed by atoms with Crippen molar-refractivity contribution >= 4 is 0 Å². The van der Waals surface area contributed by atoms with E-state index in [2.05, 4.69) is 40.8 Å². The van der Waals surface area contributed by atoms with Crippen LogP contribution in [0.25, 0.3) is 0 Å². The van der Waals surface area contributed by atoms with Gasteiger partial charge in [0.05, 0.1) is 25.8 Å². The van der Waals surface area contributed by atoms with Gasteiger partial charge in [-0.15, -0.1) is 6.42 Å². The van der Waals surface area contributed by atoms with E-state index in [-0.39, 0.29) is 0 Å². The summed E-state index contributed by atoms with van der Waals surface area (Å²) in [5.74, 6) is 2.71. The summed E-state index contributed by atoms with van der Waals surface area (Å²) >= 11 is 0. The molecule has 0 radical (unpaired) electrons. The monoisotopic (exact) mass is 204 g/mol. The Morgan fingerprint density at radius 1 is 1.67 bits per heavy atom. The van der Waals surface area contributed by atoms with Crippen molar-refractivity contribution in [2.75, 3.05) is 26.3 Å². The van der Waals surface area contributed by atoms with Crippen LogP contribution in [0.15, 0.2) is 18.3 Å². The number of nitrogens with zero attached hydrogens (tertiary/aromatic N) is 2. The van der Waals surface area contributed by atoms with Gasteiger partial charge >= 0.3 is 0 Å². The molecule has 0 spiro atoms. The summed E-state index contributed by atoms with van der Waals surface area (Å²) in [5, 5.41) is 0. The first-order valence-corrected chi connectivity index (χ1v) is 5.19. The van der Waals surface area contributed by atoms with Crippen LogP contribution in [0.4, 0.5) is 0 Å². The highest BCUT2D eigenvalue weighted by atomic mass is 16.5. The van der Waals surface area contributed by atoms with E-state index in [4.69, 9.17) is 11.2 Å². The Balaban J connectivity index is 2.18. The van der Waals surface area contributed by atoms with E-state index in [1.54, 1.807) is 0 Å². The molecule has 80 valence electrons. The molecule has 3 heteroatoms. The molecule has 1 fully saturated rings. The number of morpholine rings is 1. The number of hydrogen-bond donors (Lipinski definition) is 0. The van der Waals surface area contributed by atoms with Crippen molar-refractivity contribution in [3.8, 4) is 12.3 Å². The molecule has 0 aromatic carbocycles. The molecule has 1 aromatic heterocycles. The molecule has 0 saturated carbocycles. The Labute approximate surface area is 90.6 Å². The number of aromatic nitrogens is 1. The second kappa shape index (κ2) is 4.52. The molecule has 2 rings (SSSR count). The highest BCUT2D eigenvalue weighted by molar-refractivity contribution is 5.13. The fraction of sp³-hybridized carbons (Fsp3) is 0.500. The minimum absolute atomic E-state index is 0.301. The van der Waals surface area contributed by atoms with Crippen LogP contribution in [0.1, 0.15) is 11.7 Å². The minimum atomic E-state index is 0.301. The lowest BCUT2D eigenvalue weighted by atomic mass is 10.1. The third-order valence-electron chi connectivity index (χ3n) is 2.86. The second-order valence-electron chi connectivity index (χ2n) is 3.81. The van der Waals surface area contributed by atoms with Gasteiger partial charge in [0.1, 0.15) is 0 Å². The van der Waals surface area contributed by atoms with E-state index in [1.807, 2.05) is 0 Å². The highest BCUT2D eigenvalue weighted by Crippen LogP contribution is 2.23. The smallest absolute Gasteiger partial charge is 0.0745 e. The van der Waals surface area contributed by atoms with Gasteiger partial charge in [-0.05, 0) is 12.1 Å². The van der Waals surface area contributed by atoms with Crippen molar-refractivity contribution in [3.63, 3.8) is 0 Å². The number of rotatable bonds is 2. The summed E-state index contributed by atoms with van der Waals surface area (Å²) < 4.78 is 7.64. The Morgan fingerprint density at radius 2 is 2.53 bits per heavy atom. The second-order valence-corrected chi connectivity index (χ2v) is 3.81. The predicted octanol–water partition coefficient (Wildman–Crippen LogP) is 1.03. The quantitative estimate of drug-likeness (QED) is 0.669. The first-order chi connectivity index (χ1) is 7.33. The maximum Gasteiger partial charge on any atom is 0.0745 e. The maximum absolute atomic E-state index is 5.51. The Morgan fingerprint density at radius 3 is 3.20 bits per heavy atom. The molecular formula is C12H16N2O. The van der Waals surface area contributed by atoms with Gasteiger partial charge in [0.15, 0.2) is 0 Å². The summed E-state index contributed by atoms with van der Waals surface area (Å²) in [6.07, 6.45) is 7.43. The van der Waals surface area contributed by atoms with Gasteiger partial charge in [-0.2, -0.15) is 0 Å². The van der Waals surface area contributed by atoms with Crippen LogP contribution in [-0.2, 0) is 11.8 Å². The van der Waals surface area contributed by atoms with Gasteiger partial charge in [-0.3, -0.25) is 4.90 Å². The van der Waals surface area contributed by atoms with E-state index in [9.17, 15) is 0 Å². The van der Waals surface area contributed by atoms with Crippen molar-refractivity contribution in [3.05, 3.63) is 24.0 Å². The topological polar surface area (TPSA) is 17.4 Å². The summed E-state index contributed by atoms with van der Waals surface area (Å²) in [6, 6.07) is 4.48. The lowest BCUT2D eigenvalue weighted by Crippen LogP contribution is -2.40. The van der Waals surface area contributed by atoms with Crippen molar-refractivity contribution in [1.82, 2.24) is 9.47 Å². The van der Waals surface area contributed by atoms with Crippen molar-refractivity contribution in [2.24, 2.45) is 7.05 Å². The van der Waals surface area contributed by atoms with Crippen LogP contribution in [0.3, 0.4) is 0 Å². The molecule has 1 aliphatic rings. The molecule has 1 aromatic rings. The molecule has 2 heterocycles. The molecule has 1 atom stereocenters. The first-order valence-electron chi connectivity index (χ1n) is 5.19. The third kappa shape index (κ3) is 2.06. The first kappa shape index (κ1) is 10.3. The molecule has 15 heavy (non-hydrogen) atoms. The summed E-state index contributed by atoms with van der Waals surface area (Å²) in [4.78, 5) is 2.29. The zero-order valence-corrected chi connectivity index (χ0v) is 9.02. The molecule has 1 unspecified atom stereocenters. The van der Waals surface area contributed by atoms with Gasteiger partial charge in [0, 0.05) is 25.5 Å². The van der Waals surface area contributed by atoms with Gasteiger partial charge in [-0.25, -0.2) is 0 Å². The van der Waals surface area contributed by atoms with Crippen molar-refractivity contribution in [2.45, 2.75) is 6.04 Å². The summed E-state index contributed by atoms with van der Waals surface area (Å²) in [6.45, 7) is 3.13. The molecule has 0 aliphatic carbocycles. The SMILES string of the molecule is C#CCN1CCOCC1c1cccn1C. The van der Waals surface area contributed by atoms with E-state index < -0.39 is 0 Å². The maximum atomic E-state index is 5.51. The Bertz CT molecular complexity index is 364. The Kier molecular flexibility index (Phi) is 3.10. The Hall–Kier alpha value is -1.24. The van der Waals surface area contributed by atoms with Crippen LogP contribution in [0, 0.1) is 12.3 Å². The standard InChI is InChI=1S/C12H16N2O/c1-3-6-14-8-9-15-10-12(14)11-5-4-7-13(11)2/h1,4-5,7,12H,6,8-10H2,2H3. The number of terminal acetylenes is 1. The van der Waals surface area contributed by atoms with Gasteiger partial charge in [-0.1, -0.05) is 5.92 Å². The van der Waals surface area contributed by atoms with Gasteiger partial charge < -0.3 is 9.30 Å². The molecule has 0 amide bonds. The van der Waals surface area contributed by atoms with E-state index >= 15 is 0 Å². The lowest BCUT2D eigenvalue weighted by Gasteiger charge is -2.34. The van der Waals surface area contributed by atoms with Crippen LogP contribution < -0.4 is 0 Å². The lowest BCUT2D eigenvalue weighted by molar-refractivity contribution is -0.00408. The van der Waals surface area contributed by atoms with Crippen LogP contribution in [-0.4, -0.2) is 35.8 Å². The van der Waals surface area contributed by atoms with E-state index in [1.165, 1.54) is 5.69 Å². The van der Waals surface area contributed by atoms with Gasteiger partial charge in [0.2, 0.25) is 0 Å². The summed E-state index contributed by atoms with van der Waals surface area (Å²) in [5.41, 5.74) is 1.27. The summed E-state index contributed by atoms with van der Waals surface area (Å²) in [7, 11) is 2.05. The fourth-order valence-corrected chi connectivity index (χ4v) is 2.04. The molecule has 1 aliphatic heterocycles. The zero-order valence-electron chi connectivity index (χ0n) is 9.02. The fourth-order valence-electron chi connectivity index (χ4n) is 2.04. The molecular weight excluding hydrogens is 188 g/mol. The van der Waals surface area contributed by atoms with Crippen LogP contribution in [0.5, 0.6) is 0 Å².